The van der Waals surface area contributed by atoms with Crippen LogP contribution in [0.1, 0.15) is 0 Å². The number of carbonyl (C=O) groups is 1. The van der Waals surface area contributed by atoms with Crippen LogP contribution in [0, 0.1) is 11.6 Å². The molecule has 110 valence electrons. The molecule has 0 fully saturated rings. The summed E-state index contributed by atoms with van der Waals surface area (Å²) in [5.41, 5.74) is -0.119. The lowest BCUT2D eigenvalue weighted by Crippen LogP contribution is -2.20. The summed E-state index contributed by atoms with van der Waals surface area (Å²) in [4.78, 5) is 11.7. The Morgan fingerprint density at radius 2 is 2.00 bits per heavy atom. The average molecular weight is 377 g/mol. The molecule has 3 nitrogen and oxygen atoms in total. The van der Waals surface area contributed by atoms with Crippen LogP contribution in [-0.2, 0) is 4.79 Å². The third kappa shape index (κ3) is 4.41. The molecule has 2 aromatic carbocycles. The van der Waals surface area contributed by atoms with Gasteiger partial charge in [-0.25, -0.2) is 8.78 Å². The van der Waals surface area contributed by atoms with Crippen LogP contribution in [0.2, 0.25) is 5.02 Å². The Balaban J connectivity index is 1.96. The van der Waals surface area contributed by atoms with Crippen molar-refractivity contribution in [3.05, 3.63) is 57.5 Å². The molecule has 2 aromatic rings. The van der Waals surface area contributed by atoms with Crippen molar-refractivity contribution >= 4 is 39.1 Å². The molecule has 0 saturated heterocycles. The summed E-state index contributed by atoms with van der Waals surface area (Å²) < 4.78 is 32.1. The van der Waals surface area contributed by atoms with Gasteiger partial charge in [0.25, 0.3) is 5.91 Å². The van der Waals surface area contributed by atoms with E-state index >= 15 is 0 Å². The largest absolute Gasteiger partial charge is 0.482 e. The topological polar surface area (TPSA) is 38.3 Å². The molecule has 0 heterocycles. The second kappa shape index (κ2) is 6.87. The second-order valence-corrected chi connectivity index (χ2v) is 5.36. The summed E-state index contributed by atoms with van der Waals surface area (Å²) >= 11 is 9.17. The van der Waals surface area contributed by atoms with Crippen LogP contribution in [0.4, 0.5) is 14.5 Å². The molecule has 0 aliphatic heterocycles. The Morgan fingerprint density at radius 1 is 1.24 bits per heavy atom. The highest BCUT2D eigenvalue weighted by molar-refractivity contribution is 9.10. The highest BCUT2D eigenvalue weighted by Crippen LogP contribution is 2.27. The quantitative estimate of drug-likeness (QED) is 0.859. The van der Waals surface area contributed by atoms with Gasteiger partial charge in [-0.15, -0.1) is 0 Å². The Labute approximate surface area is 133 Å². The van der Waals surface area contributed by atoms with E-state index in [1.165, 1.54) is 0 Å². The molecular formula is C14H9BrClF2NO2. The minimum absolute atomic E-state index is 0.119. The van der Waals surface area contributed by atoms with E-state index in [0.29, 0.717) is 16.8 Å². The molecule has 0 saturated carbocycles. The van der Waals surface area contributed by atoms with Crippen molar-refractivity contribution in [2.75, 3.05) is 11.9 Å². The molecule has 1 N–H and O–H groups in total. The zero-order valence-electron chi connectivity index (χ0n) is 10.5. The molecule has 2 rings (SSSR count). The molecule has 0 radical (unpaired) electrons. The van der Waals surface area contributed by atoms with E-state index in [4.69, 9.17) is 16.3 Å². The van der Waals surface area contributed by atoms with Crippen LogP contribution in [0.15, 0.2) is 40.9 Å². The Kier molecular flexibility index (Phi) is 5.14. The highest BCUT2D eigenvalue weighted by atomic mass is 79.9. The van der Waals surface area contributed by atoms with E-state index in [2.05, 4.69) is 21.2 Å². The van der Waals surface area contributed by atoms with E-state index in [-0.39, 0.29) is 12.3 Å². The lowest BCUT2D eigenvalue weighted by Gasteiger charge is -2.09. The van der Waals surface area contributed by atoms with E-state index in [0.717, 1.165) is 16.6 Å². The first kappa shape index (κ1) is 15.7. The molecular weight excluding hydrogens is 368 g/mol. The molecule has 0 atom stereocenters. The maximum Gasteiger partial charge on any atom is 0.262 e. The number of halogens is 4. The number of carbonyl (C=O) groups excluding carboxylic acids is 1. The van der Waals surface area contributed by atoms with Gasteiger partial charge in [-0.1, -0.05) is 27.5 Å². The van der Waals surface area contributed by atoms with Gasteiger partial charge in [-0.2, -0.15) is 0 Å². The lowest BCUT2D eigenvalue weighted by atomic mass is 10.3. The number of hydrogen-bond acceptors (Lipinski definition) is 2. The van der Waals surface area contributed by atoms with Crippen molar-refractivity contribution in [1.82, 2.24) is 0 Å². The first-order chi connectivity index (χ1) is 9.95. The Morgan fingerprint density at radius 3 is 2.67 bits per heavy atom. The monoisotopic (exact) mass is 375 g/mol. The van der Waals surface area contributed by atoms with Gasteiger partial charge in [0.05, 0.1) is 10.7 Å². The minimum Gasteiger partial charge on any atom is -0.482 e. The smallest absolute Gasteiger partial charge is 0.262 e. The number of nitrogens with one attached hydrogen (secondary N) is 1. The highest BCUT2D eigenvalue weighted by Gasteiger charge is 2.10. The fraction of sp³-hybridized carbons (Fsp3) is 0.0714. The van der Waals surface area contributed by atoms with Gasteiger partial charge >= 0.3 is 0 Å². The zero-order valence-corrected chi connectivity index (χ0v) is 12.8. The van der Waals surface area contributed by atoms with Crippen LogP contribution in [0.3, 0.4) is 0 Å². The first-order valence-electron chi connectivity index (χ1n) is 5.78. The maximum atomic E-state index is 13.4. The molecule has 0 aliphatic carbocycles. The van der Waals surface area contributed by atoms with Gasteiger partial charge in [0, 0.05) is 10.5 Å². The van der Waals surface area contributed by atoms with Gasteiger partial charge in [0.2, 0.25) is 0 Å². The zero-order chi connectivity index (χ0) is 15.4. The third-order valence-electron chi connectivity index (χ3n) is 2.46. The van der Waals surface area contributed by atoms with Crippen LogP contribution >= 0.6 is 27.5 Å². The lowest BCUT2D eigenvalue weighted by molar-refractivity contribution is -0.118. The van der Waals surface area contributed by atoms with Crippen molar-refractivity contribution in [3.63, 3.8) is 0 Å². The van der Waals surface area contributed by atoms with E-state index < -0.39 is 17.5 Å². The number of rotatable bonds is 4. The van der Waals surface area contributed by atoms with Crippen molar-refractivity contribution in [2.24, 2.45) is 0 Å². The Bertz CT molecular complexity index is 682. The van der Waals surface area contributed by atoms with Gasteiger partial charge in [-0.3, -0.25) is 4.79 Å². The summed E-state index contributed by atoms with van der Waals surface area (Å²) in [6.45, 7) is -0.349. The normalized spacial score (nSPS) is 10.3. The predicted molar refractivity (Wildman–Crippen MR) is 79.6 cm³/mol. The van der Waals surface area contributed by atoms with Crippen LogP contribution < -0.4 is 10.1 Å². The number of amides is 1. The molecule has 0 spiro atoms. The summed E-state index contributed by atoms with van der Waals surface area (Å²) in [5.74, 6) is -1.83. The summed E-state index contributed by atoms with van der Waals surface area (Å²) in [7, 11) is 0. The molecule has 0 aliphatic rings. The van der Waals surface area contributed by atoms with E-state index in [1.807, 2.05) is 0 Å². The van der Waals surface area contributed by atoms with Crippen molar-refractivity contribution in [2.45, 2.75) is 0 Å². The SMILES string of the molecule is O=C(COc1ccc(Br)cc1Cl)Nc1ccc(F)cc1F. The van der Waals surface area contributed by atoms with E-state index in [9.17, 15) is 13.6 Å². The summed E-state index contributed by atoms with van der Waals surface area (Å²) in [5, 5.41) is 2.62. The number of ether oxygens (including phenoxy) is 1. The van der Waals surface area contributed by atoms with Crippen LogP contribution in [0.25, 0.3) is 0 Å². The predicted octanol–water partition coefficient (Wildman–Crippen LogP) is 4.40. The standard InChI is InChI=1S/C14H9BrClF2NO2/c15-8-1-4-13(10(16)5-8)21-7-14(20)19-12-3-2-9(17)6-11(12)18/h1-6H,7H2,(H,19,20). The van der Waals surface area contributed by atoms with Crippen LogP contribution in [-0.4, -0.2) is 12.5 Å². The van der Waals surface area contributed by atoms with Gasteiger partial charge in [-0.05, 0) is 30.3 Å². The molecule has 0 aromatic heterocycles. The van der Waals surface area contributed by atoms with Crippen molar-refractivity contribution in [1.29, 1.82) is 0 Å². The number of benzene rings is 2. The summed E-state index contributed by atoms with van der Waals surface area (Å²) in [6, 6.07) is 7.79. The second-order valence-electron chi connectivity index (χ2n) is 4.04. The fourth-order valence-corrected chi connectivity index (χ4v) is 2.24. The molecule has 7 heteroatoms. The van der Waals surface area contributed by atoms with E-state index in [1.54, 1.807) is 18.2 Å². The third-order valence-corrected chi connectivity index (χ3v) is 3.25. The van der Waals surface area contributed by atoms with Gasteiger partial charge in [0.1, 0.15) is 17.4 Å². The van der Waals surface area contributed by atoms with Crippen LogP contribution in [0.5, 0.6) is 5.75 Å². The van der Waals surface area contributed by atoms with Gasteiger partial charge in [0.15, 0.2) is 6.61 Å². The minimum atomic E-state index is -0.856. The summed E-state index contributed by atoms with van der Waals surface area (Å²) in [6.07, 6.45) is 0. The molecule has 1 amide bonds. The van der Waals surface area contributed by atoms with Gasteiger partial charge < -0.3 is 10.1 Å². The Hall–Kier alpha value is -1.66. The fourth-order valence-electron chi connectivity index (χ4n) is 1.51. The number of anilines is 1. The van der Waals surface area contributed by atoms with Crippen molar-refractivity contribution < 1.29 is 18.3 Å². The average Bonchev–Trinajstić information content (AvgIpc) is 2.41. The molecule has 0 bridgehead atoms. The first-order valence-corrected chi connectivity index (χ1v) is 6.95. The number of hydrogen-bond donors (Lipinski definition) is 1. The van der Waals surface area contributed by atoms with Crippen molar-refractivity contribution in [3.8, 4) is 5.75 Å². The molecule has 0 unspecified atom stereocenters. The molecule has 21 heavy (non-hydrogen) atoms. The maximum absolute atomic E-state index is 13.4.